The summed E-state index contributed by atoms with van der Waals surface area (Å²) in [5.74, 6) is 0.781. The molecular formula is C16H25BrClN. The molecular weight excluding hydrogens is 322 g/mol. The van der Waals surface area contributed by atoms with E-state index in [-0.39, 0.29) is 0 Å². The third kappa shape index (κ3) is 6.29. The second-order valence-corrected chi connectivity index (χ2v) is 6.77. The molecule has 1 aromatic rings. The lowest BCUT2D eigenvalue weighted by Gasteiger charge is -2.20. The van der Waals surface area contributed by atoms with E-state index in [9.17, 15) is 0 Å². The Labute approximate surface area is 131 Å². The van der Waals surface area contributed by atoms with Crippen molar-refractivity contribution in [1.82, 2.24) is 5.32 Å². The molecule has 1 rings (SSSR count). The van der Waals surface area contributed by atoms with Crippen LogP contribution in [0.3, 0.4) is 0 Å². The molecule has 0 aliphatic rings. The molecule has 0 aromatic heterocycles. The van der Waals surface area contributed by atoms with Crippen molar-refractivity contribution in [2.45, 2.75) is 52.5 Å². The summed E-state index contributed by atoms with van der Waals surface area (Å²) in [5.41, 5.74) is 1.33. The lowest BCUT2D eigenvalue weighted by molar-refractivity contribution is 0.447. The van der Waals surface area contributed by atoms with Crippen LogP contribution in [0, 0.1) is 5.92 Å². The van der Waals surface area contributed by atoms with Gasteiger partial charge in [-0.05, 0) is 58.9 Å². The van der Waals surface area contributed by atoms with Crippen LogP contribution < -0.4 is 5.32 Å². The highest BCUT2D eigenvalue weighted by Crippen LogP contribution is 2.28. The average Bonchev–Trinajstić information content (AvgIpc) is 2.36. The smallest absolute Gasteiger partial charge is 0.0548 e. The second kappa shape index (κ2) is 8.99. The van der Waals surface area contributed by atoms with E-state index in [1.807, 2.05) is 6.07 Å². The highest BCUT2D eigenvalue weighted by molar-refractivity contribution is 9.10. The van der Waals surface area contributed by atoms with Gasteiger partial charge in [-0.25, -0.2) is 0 Å². The Morgan fingerprint density at radius 2 is 2.00 bits per heavy atom. The number of hydrogen-bond acceptors (Lipinski definition) is 1. The molecule has 1 N–H and O–H groups in total. The van der Waals surface area contributed by atoms with E-state index in [0.717, 1.165) is 28.4 Å². The van der Waals surface area contributed by atoms with Crippen molar-refractivity contribution in [3.8, 4) is 0 Å². The third-order valence-corrected chi connectivity index (χ3v) is 4.47. The van der Waals surface area contributed by atoms with Gasteiger partial charge in [-0.1, -0.05) is 51.3 Å². The van der Waals surface area contributed by atoms with Gasteiger partial charge in [0.05, 0.1) is 5.02 Å². The molecule has 0 spiro atoms. The van der Waals surface area contributed by atoms with E-state index in [1.165, 1.54) is 24.8 Å². The molecule has 108 valence electrons. The van der Waals surface area contributed by atoms with Crippen LogP contribution in [-0.4, -0.2) is 6.54 Å². The number of nitrogens with one attached hydrogen (secondary N) is 1. The Kier molecular flexibility index (Phi) is 8.05. The van der Waals surface area contributed by atoms with Crippen LogP contribution in [0.25, 0.3) is 0 Å². The molecule has 0 aliphatic carbocycles. The zero-order valence-electron chi connectivity index (χ0n) is 12.2. The van der Waals surface area contributed by atoms with Crippen LogP contribution in [0.1, 0.15) is 58.1 Å². The fourth-order valence-electron chi connectivity index (χ4n) is 2.16. The van der Waals surface area contributed by atoms with Crippen molar-refractivity contribution in [3.63, 3.8) is 0 Å². The standard InChI is InChI=1S/C16H25BrClN/c1-4-10-19-16(7-5-6-12(2)3)13-8-9-15(18)14(17)11-13/h8-9,11-12,16,19H,4-7,10H2,1-3H3. The molecule has 0 radical (unpaired) electrons. The van der Waals surface area contributed by atoms with Gasteiger partial charge in [0.2, 0.25) is 0 Å². The largest absolute Gasteiger partial charge is 0.310 e. The normalized spacial score (nSPS) is 12.9. The van der Waals surface area contributed by atoms with Crippen LogP contribution >= 0.6 is 27.5 Å². The highest BCUT2D eigenvalue weighted by atomic mass is 79.9. The minimum Gasteiger partial charge on any atom is -0.310 e. The Balaban J connectivity index is 2.68. The molecule has 0 aliphatic heterocycles. The van der Waals surface area contributed by atoms with Gasteiger partial charge in [0.25, 0.3) is 0 Å². The molecule has 1 aromatic carbocycles. The van der Waals surface area contributed by atoms with Gasteiger partial charge in [0.1, 0.15) is 0 Å². The van der Waals surface area contributed by atoms with Crippen molar-refractivity contribution in [2.24, 2.45) is 5.92 Å². The van der Waals surface area contributed by atoms with E-state index in [2.05, 4.69) is 54.2 Å². The number of halogens is 2. The average molecular weight is 347 g/mol. The molecule has 0 fully saturated rings. The van der Waals surface area contributed by atoms with Gasteiger partial charge in [-0.15, -0.1) is 0 Å². The lowest BCUT2D eigenvalue weighted by Crippen LogP contribution is -2.22. The number of rotatable bonds is 8. The molecule has 1 atom stereocenters. The number of benzene rings is 1. The molecule has 0 amide bonds. The first-order valence-electron chi connectivity index (χ1n) is 7.23. The van der Waals surface area contributed by atoms with Gasteiger partial charge >= 0.3 is 0 Å². The Hall–Kier alpha value is -0.0500. The minimum atomic E-state index is 0.437. The van der Waals surface area contributed by atoms with E-state index < -0.39 is 0 Å². The molecule has 1 nitrogen and oxygen atoms in total. The fourth-order valence-corrected chi connectivity index (χ4v) is 2.68. The van der Waals surface area contributed by atoms with Crippen molar-refractivity contribution in [1.29, 1.82) is 0 Å². The van der Waals surface area contributed by atoms with Crippen LogP contribution in [0.2, 0.25) is 5.02 Å². The Morgan fingerprint density at radius 1 is 1.26 bits per heavy atom. The van der Waals surface area contributed by atoms with Gasteiger partial charge < -0.3 is 5.32 Å². The maximum atomic E-state index is 6.07. The summed E-state index contributed by atoms with van der Waals surface area (Å²) < 4.78 is 0.985. The maximum Gasteiger partial charge on any atom is 0.0548 e. The summed E-state index contributed by atoms with van der Waals surface area (Å²) in [4.78, 5) is 0. The van der Waals surface area contributed by atoms with E-state index in [0.29, 0.717) is 6.04 Å². The van der Waals surface area contributed by atoms with Crippen molar-refractivity contribution >= 4 is 27.5 Å². The van der Waals surface area contributed by atoms with Crippen molar-refractivity contribution in [3.05, 3.63) is 33.3 Å². The predicted octanol–water partition coefficient (Wildman–Crippen LogP) is 5.97. The lowest BCUT2D eigenvalue weighted by atomic mass is 9.98. The summed E-state index contributed by atoms with van der Waals surface area (Å²) in [5, 5.41) is 4.42. The molecule has 0 bridgehead atoms. The summed E-state index contributed by atoms with van der Waals surface area (Å²) >= 11 is 9.58. The topological polar surface area (TPSA) is 12.0 Å². The van der Waals surface area contributed by atoms with Crippen LogP contribution in [0.4, 0.5) is 0 Å². The Bertz CT molecular complexity index is 379. The third-order valence-electron chi connectivity index (χ3n) is 3.26. The zero-order valence-corrected chi connectivity index (χ0v) is 14.5. The monoisotopic (exact) mass is 345 g/mol. The van der Waals surface area contributed by atoms with Crippen LogP contribution in [-0.2, 0) is 0 Å². The highest BCUT2D eigenvalue weighted by Gasteiger charge is 2.12. The van der Waals surface area contributed by atoms with Gasteiger partial charge in [0.15, 0.2) is 0 Å². The molecule has 0 heterocycles. The van der Waals surface area contributed by atoms with Gasteiger partial charge in [-0.3, -0.25) is 0 Å². The van der Waals surface area contributed by atoms with E-state index in [1.54, 1.807) is 0 Å². The first kappa shape index (κ1) is 17.0. The second-order valence-electron chi connectivity index (χ2n) is 5.51. The van der Waals surface area contributed by atoms with Gasteiger partial charge in [-0.2, -0.15) is 0 Å². The first-order valence-corrected chi connectivity index (χ1v) is 8.40. The summed E-state index contributed by atoms with van der Waals surface area (Å²) in [6.45, 7) is 7.84. The minimum absolute atomic E-state index is 0.437. The molecule has 1 unspecified atom stereocenters. The summed E-state index contributed by atoms with van der Waals surface area (Å²) in [6, 6.07) is 6.69. The SMILES string of the molecule is CCCNC(CCCC(C)C)c1ccc(Cl)c(Br)c1. The van der Waals surface area contributed by atoms with E-state index >= 15 is 0 Å². The first-order chi connectivity index (χ1) is 9.04. The molecule has 3 heteroatoms. The van der Waals surface area contributed by atoms with Crippen molar-refractivity contribution in [2.75, 3.05) is 6.54 Å². The van der Waals surface area contributed by atoms with Crippen LogP contribution in [0.15, 0.2) is 22.7 Å². The van der Waals surface area contributed by atoms with Gasteiger partial charge in [0, 0.05) is 10.5 Å². The maximum absolute atomic E-state index is 6.07. The summed E-state index contributed by atoms with van der Waals surface area (Å²) in [6.07, 6.45) is 4.90. The Morgan fingerprint density at radius 3 is 2.58 bits per heavy atom. The van der Waals surface area contributed by atoms with E-state index in [4.69, 9.17) is 11.6 Å². The fraction of sp³-hybridized carbons (Fsp3) is 0.625. The molecule has 0 saturated heterocycles. The van der Waals surface area contributed by atoms with Crippen molar-refractivity contribution < 1.29 is 0 Å². The van der Waals surface area contributed by atoms with Crippen LogP contribution in [0.5, 0.6) is 0 Å². The quantitative estimate of drug-likeness (QED) is 0.611. The predicted molar refractivity (Wildman–Crippen MR) is 88.9 cm³/mol. The summed E-state index contributed by atoms with van der Waals surface area (Å²) in [7, 11) is 0. The molecule has 0 saturated carbocycles. The number of hydrogen-bond donors (Lipinski definition) is 1. The molecule has 19 heavy (non-hydrogen) atoms. The zero-order chi connectivity index (χ0) is 14.3.